The molecule has 7 heteroatoms. The molecule has 0 fully saturated rings. The highest BCUT2D eigenvalue weighted by Crippen LogP contribution is 2.26. The molecule has 0 aliphatic carbocycles. The number of hydrogen-bond donors (Lipinski definition) is 0. The van der Waals surface area contributed by atoms with Crippen LogP contribution in [0.1, 0.15) is 45.0 Å². The van der Waals surface area contributed by atoms with Gasteiger partial charge in [-0.15, -0.1) is 0 Å². The predicted molar refractivity (Wildman–Crippen MR) is 125 cm³/mol. The van der Waals surface area contributed by atoms with E-state index in [4.69, 9.17) is 9.72 Å². The molecule has 0 atom stereocenters. The number of nitrogens with zero attached hydrogens (tertiary/aromatic N) is 3. The van der Waals surface area contributed by atoms with Crippen LogP contribution in [0.15, 0.2) is 55.2 Å². The van der Waals surface area contributed by atoms with Crippen LogP contribution in [0.3, 0.4) is 0 Å². The maximum atomic E-state index is 13.1. The average Bonchev–Trinajstić information content (AvgIpc) is 2.68. The van der Waals surface area contributed by atoms with Gasteiger partial charge in [-0.25, -0.2) is 4.98 Å². The Bertz CT molecular complexity index is 1110. The molecule has 0 aliphatic heterocycles. The van der Waals surface area contributed by atoms with Crippen molar-refractivity contribution < 1.29 is 4.74 Å². The van der Waals surface area contributed by atoms with Crippen LogP contribution in [0, 0.1) is 0 Å². The van der Waals surface area contributed by atoms with Crippen molar-refractivity contribution in [2.75, 3.05) is 0 Å². The molecule has 0 aliphatic rings. The zero-order chi connectivity index (χ0) is 21.0. The summed E-state index contributed by atoms with van der Waals surface area (Å²) in [7, 11) is 0. The lowest BCUT2D eigenvalue weighted by molar-refractivity contribution is 0.241. The average molecular weight is 521 g/mol. The summed E-state index contributed by atoms with van der Waals surface area (Å²) in [6.45, 7) is 6.08. The SMILES string of the molecule is CCCCc1nc2ccc(Br)cc2c(=O)n1N=Cc1ccc(OC(C)C)c(Br)c1. The number of aromatic nitrogens is 2. The Balaban J connectivity index is 2.02. The Hall–Kier alpha value is -1.99. The molecule has 3 rings (SSSR count). The number of fused-ring (bicyclic) bond motifs is 1. The van der Waals surface area contributed by atoms with Gasteiger partial charge in [0.25, 0.3) is 5.56 Å². The molecule has 1 heterocycles. The summed E-state index contributed by atoms with van der Waals surface area (Å²) in [6.07, 6.45) is 4.42. The summed E-state index contributed by atoms with van der Waals surface area (Å²) in [5.74, 6) is 1.44. The fraction of sp³-hybridized carbons (Fsp3) is 0.318. The topological polar surface area (TPSA) is 56.5 Å². The molecule has 0 N–H and O–H groups in total. The third kappa shape index (κ3) is 5.34. The summed E-state index contributed by atoms with van der Waals surface area (Å²) in [5.41, 5.74) is 1.38. The molecule has 1 aromatic heterocycles. The van der Waals surface area contributed by atoms with Crippen LogP contribution in [-0.4, -0.2) is 22.0 Å². The van der Waals surface area contributed by atoms with Gasteiger partial charge in [-0.05, 0) is 78.2 Å². The smallest absolute Gasteiger partial charge is 0.282 e. The monoisotopic (exact) mass is 519 g/mol. The summed E-state index contributed by atoms with van der Waals surface area (Å²) in [4.78, 5) is 17.8. The van der Waals surface area contributed by atoms with Crippen LogP contribution in [0.2, 0.25) is 0 Å². The lowest BCUT2D eigenvalue weighted by Gasteiger charge is -2.12. The second-order valence-corrected chi connectivity index (χ2v) is 8.78. The first-order valence-corrected chi connectivity index (χ1v) is 11.2. The normalized spacial score (nSPS) is 11.7. The van der Waals surface area contributed by atoms with Crippen LogP contribution in [0.25, 0.3) is 10.9 Å². The first-order chi connectivity index (χ1) is 13.9. The zero-order valence-corrected chi connectivity index (χ0v) is 19.8. The van der Waals surface area contributed by atoms with Crippen molar-refractivity contribution in [1.82, 2.24) is 9.66 Å². The number of ether oxygens (including phenoxy) is 1. The Labute approximate surface area is 187 Å². The minimum Gasteiger partial charge on any atom is -0.490 e. The quantitative estimate of drug-likeness (QED) is 0.362. The number of unbranched alkanes of at least 4 members (excludes halogenated alkanes) is 1. The molecule has 0 saturated carbocycles. The van der Waals surface area contributed by atoms with Crippen molar-refractivity contribution in [1.29, 1.82) is 0 Å². The molecule has 0 bridgehead atoms. The molecular weight excluding hydrogens is 498 g/mol. The Morgan fingerprint density at radius 1 is 1.21 bits per heavy atom. The van der Waals surface area contributed by atoms with Gasteiger partial charge in [-0.2, -0.15) is 9.78 Å². The summed E-state index contributed by atoms with van der Waals surface area (Å²) < 4.78 is 8.84. The number of halogens is 2. The van der Waals surface area contributed by atoms with Gasteiger partial charge in [0, 0.05) is 10.9 Å². The fourth-order valence-electron chi connectivity index (χ4n) is 2.88. The Kier molecular flexibility index (Phi) is 7.24. The third-order valence-electron chi connectivity index (χ3n) is 4.27. The molecule has 5 nitrogen and oxygen atoms in total. The van der Waals surface area contributed by atoms with Gasteiger partial charge < -0.3 is 4.74 Å². The van der Waals surface area contributed by atoms with Crippen LogP contribution < -0.4 is 10.3 Å². The number of rotatable bonds is 7. The van der Waals surface area contributed by atoms with Crippen molar-refractivity contribution >= 4 is 49.0 Å². The highest BCUT2D eigenvalue weighted by Gasteiger charge is 2.11. The van der Waals surface area contributed by atoms with E-state index in [9.17, 15) is 4.79 Å². The maximum Gasteiger partial charge on any atom is 0.282 e. The molecule has 0 amide bonds. The van der Waals surface area contributed by atoms with E-state index in [0.717, 1.165) is 33.1 Å². The lowest BCUT2D eigenvalue weighted by atomic mass is 10.2. The van der Waals surface area contributed by atoms with Crippen LogP contribution in [0.5, 0.6) is 5.75 Å². The minimum absolute atomic E-state index is 0.0912. The fourth-order valence-corrected chi connectivity index (χ4v) is 3.73. The van der Waals surface area contributed by atoms with Gasteiger partial charge in [0.2, 0.25) is 0 Å². The van der Waals surface area contributed by atoms with E-state index in [-0.39, 0.29) is 11.7 Å². The highest BCUT2D eigenvalue weighted by molar-refractivity contribution is 9.10. The molecule has 0 unspecified atom stereocenters. The Morgan fingerprint density at radius 3 is 2.69 bits per heavy atom. The zero-order valence-electron chi connectivity index (χ0n) is 16.7. The van der Waals surface area contributed by atoms with Crippen molar-refractivity contribution in [2.45, 2.75) is 46.1 Å². The molecule has 0 saturated heterocycles. The van der Waals surface area contributed by atoms with Gasteiger partial charge in [-0.1, -0.05) is 29.3 Å². The van der Waals surface area contributed by atoms with Gasteiger partial charge in [0.15, 0.2) is 0 Å². The standard InChI is InChI=1S/C22H23Br2N3O2/c1-4-5-6-21-26-19-9-8-16(23)12-17(19)22(28)27(21)25-13-15-7-10-20(18(24)11-15)29-14(2)3/h7-14H,4-6H2,1-3H3. The predicted octanol–water partition coefficient (Wildman–Crippen LogP) is 5.93. The van der Waals surface area contributed by atoms with E-state index < -0.39 is 0 Å². The molecular formula is C22H23Br2N3O2. The van der Waals surface area contributed by atoms with Crippen LogP contribution in [0.4, 0.5) is 0 Å². The first-order valence-electron chi connectivity index (χ1n) is 9.60. The Morgan fingerprint density at radius 2 is 2.00 bits per heavy atom. The van der Waals surface area contributed by atoms with Crippen LogP contribution >= 0.6 is 31.9 Å². The van der Waals surface area contributed by atoms with Crippen molar-refractivity contribution in [2.24, 2.45) is 5.10 Å². The summed E-state index contributed by atoms with van der Waals surface area (Å²) in [6, 6.07) is 11.3. The van der Waals surface area contributed by atoms with Crippen molar-refractivity contribution in [3.05, 3.63) is 67.1 Å². The highest BCUT2D eigenvalue weighted by atomic mass is 79.9. The van der Waals surface area contributed by atoms with Gasteiger partial charge in [0.05, 0.1) is 27.7 Å². The third-order valence-corrected chi connectivity index (χ3v) is 5.38. The van der Waals surface area contributed by atoms with Gasteiger partial charge in [-0.3, -0.25) is 4.79 Å². The minimum atomic E-state index is -0.169. The maximum absolute atomic E-state index is 13.1. The number of hydrogen-bond acceptors (Lipinski definition) is 4. The second-order valence-electron chi connectivity index (χ2n) is 7.01. The molecule has 0 spiro atoms. The lowest BCUT2D eigenvalue weighted by Crippen LogP contribution is -2.22. The number of aryl methyl sites for hydroxylation is 1. The summed E-state index contributed by atoms with van der Waals surface area (Å²) in [5, 5.41) is 5.02. The first kappa shape index (κ1) is 21.7. The molecule has 152 valence electrons. The molecule has 3 aromatic rings. The van der Waals surface area contributed by atoms with Crippen molar-refractivity contribution in [3.8, 4) is 5.75 Å². The van der Waals surface area contributed by atoms with E-state index in [1.54, 1.807) is 12.3 Å². The van der Waals surface area contributed by atoms with Crippen LogP contribution in [-0.2, 0) is 6.42 Å². The van der Waals surface area contributed by atoms with E-state index in [0.29, 0.717) is 23.1 Å². The molecule has 29 heavy (non-hydrogen) atoms. The molecule has 0 radical (unpaired) electrons. The summed E-state index contributed by atoms with van der Waals surface area (Å²) >= 11 is 6.96. The van der Waals surface area contributed by atoms with E-state index in [1.807, 2.05) is 44.2 Å². The van der Waals surface area contributed by atoms with E-state index >= 15 is 0 Å². The number of benzene rings is 2. The largest absolute Gasteiger partial charge is 0.490 e. The van der Waals surface area contributed by atoms with Crippen molar-refractivity contribution in [3.63, 3.8) is 0 Å². The van der Waals surface area contributed by atoms with E-state index in [1.165, 1.54) is 4.68 Å². The second kappa shape index (κ2) is 9.67. The molecule has 2 aromatic carbocycles. The van der Waals surface area contributed by atoms with Gasteiger partial charge in [0.1, 0.15) is 11.6 Å². The van der Waals surface area contributed by atoms with Gasteiger partial charge >= 0.3 is 0 Å². The van der Waals surface area contributed by atoms with E-state index in [2.05, 4.69) is 43.9 Å².